The van der Waals surface area contributed by atoms with Gasteiger partial charge in [-0.25, -0.2) is 8.78 Å². The highest BCUT2D eigenvalue weighted by atomic mass is 19.1. The Morgan fingerprint density at radius 2 is 1.80 bits per heavy atom. The minimum Gasteiger partial charge on any atom is -0.381 e. The van der Waals surface area contributed by atoms with Crippen LogP contribution in [0.2, 0.25) is 0 Å². The standard InChI is InChI=1S/C17H17F2N/c1-11-6-13-4-2-3-5-16(13)20-17(11)9-12-7-14(18)10-15(19)8-12/h2-5,7-8,10-11,17,20H,6,9H2,1H3. The number of hydrogen-bond donors (Lipinski definition) is 1. The Hall–Kier alpha value is -1.90. The summed E-state index contributed by atoms with van der Waals surface area (Å²) in [5.74, 6) is -0.594. The number of rotatable bonds is 2. The fourth-order valence-corrected chi connectivity index (χ4v) is 2.91. The summed E-state index contributed by atoms with van der Waals surface area (Å²) in [5.41, 5.74) is 3.14. The molecule has 2 aromatic carbocycles. The third-order valence-electron chi connectivity index (χ3n) is 3.96. The maximum Gasteiger partial charge on any atom is 0.126 e. The van der Waals surface area contributed by atoms with E-state index in [0.717, 1.165) is 18.2 Å². The first-order chi connectivity index (χ1) is 9.61. The summed E-state index contributed by atoms with van der Waals surface area (Å²) in [6, 6.07) is 12.2. The highest BCUT2D eigenvalue weighted by molar-refractivity contribution is 5.54. The lowest BCUT2D eigenvalue weighted by Gasteiger charge is -2.33. The lowest BCUT2D eigenvalue weighted by Crippen LogP contribution is -2.35. The Balaban J connectivity index is 1.81. The van der Waals surface area contributed by atoms with Gasteiger partial charge < -0.3 is 5.32 Å². The quantitative estimate of drug-likeness (QED) is 0.865. The van der Waals surface area contributed by atoms with Gasteiger partial charge in [-0.2, -0.15) is 0 Å². The zero-order chi connectivity index (χ0) is 14.1. The third-order valence-corrected chi connectivity index (χ3v) is 3.96. The number of anilines is 1. The monoisotopic (exact) mass is 273 g/mol. The van der Waals surface area contributed by atoms with Crippen LogP contribution in [-0.2, 0) is 12.8 Å². The van der Waals surface area contributed by atoms with Gasteiger partial charge in [-0.15, -0.1) is 0 Å². The Morgan fingerprint density at radius 3 is 2.55 bits per heavy atom. The molecule has 0 saturated heterocycles. The van der Waals surface area contributed by atoms with Gasteiger partial charge in [0.15, 0.2) is 0 Å². The van der Waals surface area contributed by atoms with Crippen molar-refractivity contribution < 1.29 is 8.78 Å². The third kappa shape index (κ3) is 2.67. The summed E-state index contributed by atoms with van der Waals surface area (Å²) in [6.07, 6.45) is 1.62. The second kappa shape index (κ2) is 5.23. The van der Waals surface area contributed by atoms with Crippen molar-refractivity contribution in [1.29, 1.82) is 0 Å². The molecule has 1 aliphatic rings. The lowest BCUT2D eigenvalue weighted by molar-refractivity contribution is 0.459. The van der Waals surface area contributed by atoms with Crippen molar-refractivity contribution in [2.75, 3.05) is 5.32 Å². The predicted octanol–water partition coefficient (Wildman–Crippen LogP) is 4.18. The van der Waals surface area contributed by atoms with E-state index in [9.17, 15) is 8.78 Å². The maximum absolute atomic E-state index is 13.3. The van der Waals surface area contributed by atoms with Gasteiger partial charge in [0.2, 0.25) is 0 Å². The molecular formula is C17H17F2N. The summed E-state index contributed by atoms with van der Waals surface area (Å²) < 4.78 is 26.5. The van der Waals surface area contributed by atoms with Gasteiger partial charge in [-0.1, -0.05) is 25.1 Å². The molecular weight excluding hydrogens is 256 g/mol. The Morgan fingerprint density at radius 1 is 1.10 bits per heavy atom. The second-order valence-corrected chi connectivity index (χ2v) is 5.57. The molecule has 1 nitrogen and oxygen atoms in total. The van der Waals surface area contributed by atoms with Crippen LogP contribution in [0.25, 0.3) is 0 Å². The molecule has 3 rings (SSSR count). The normalized spacial score (nSPS) is 21.1. The zero-order valence-electron chi connectivity index (χ0n) is 11.4. The molecule has 3 heteroatoms. The average Bonchev–Trinajstić information content (AvgIpc) is 2.38. The van der Waals surface area contributed by atoms with Crippen LogP contribution in [0.4, 0.5) is 14.5 Å². The summed E-state index contributed by atoms with van der Waals surface area (Å²) in [7, 11) is 0. The van der Waals surface area contributed by atoms with E-state index < -0.39 is 11.6 Å². The van der Waals surface area contributed by atoms with E-state index >= 15 is 0 Å². The van der Waals surface area contributed by atoms with Crippen LogP contribution in [-0.4, -0.2) is 6.04 Å². The van der Waals surface area contributed by atoms with E-state index in [4.69, 9.17) is 0 Å². The molecule has 20 heavy (non-hydrogen) atoms. The molecule has 0 radical (unpaired) electrons. The first-order valence-electron chi connectivity index (χ1n) is 6.91. The highest BCUT2D eigenvalue weighted by Crippen LogP contribution is 2.29. The van der Waals surface area contributed by atoms with Crippen LogP contribution in [0.3, 0.4) is 0 Å². The van der Waals surface area contributed by atoms with Gasteiger partial charge in [0, 0.05) is 17.8 Å². The molecule has 0 aromatic heterocycles. The molecule has 0 saturated carbocycles. The maximum atomic E-state index is 13.3. The van der Waals surface area contributed by atoms with E-state index in [-0.39, 0.29) is 6.04 Å². The number of halogens is 2. The van der Waals surface area contributed by atoms with E-state index in [1.54, 1.807) is 0 Å². The van der Waals surface area contributed by atoms with Crippen molar-refractivity contribution in [3.8, 4) is 0 Å². The van der Waals surface area contributed by atoms with Crippen LogP contribution in [0.5, 0.6) is 0 Å². The molecule has 2 aromatic rings. The van der Waals surface area contributed by atoms with Crippen LogP contribution in [0, 0.1) is 17.6 Å². The van der Waals surface area contributed by atoms with E-state index in [0.29, 0.717) is 17.9 Å². The number of hydrogen-bond acceptors (Lipinski definition) is 1. The van der Waals surface area contributed by atoms with E-state index in [2.05, 4.69) is 24.4 Å². The van der Waals surface area contributed by atoms with Crippen LogP contribution < -0.4 is 5.32 Å². The van der Waals surface area contributed by atoms with Gasteiger partial charge in [0.25, 0.3) is 0 Å². The largest absolute Gasteiger partial charge is 0.381 e. The van der Waals surface area contributed by atoms with Gasteiger partial charge in [-0.3, -0.25) is 0 Å². The Bertz CT molecular complexity index is 604. The van der Waals surface area contributed by atoms with E-state index in [1.165, 1.54) is 17.7 Å². The van der Waals surface area contributed by atoms with Crippen molar-refractivity contribution in [2.24, 2.45) is 5.92 Å². The average molecular weight is 273 g/mol. The Kier molecular flexibility index (Phi) is 3.43. The minimum absolute atomic E-state index is 0.200. The first kappa shape index (κ1) is 13.1. The molecule has 1 heterocycles. The number of fused-ring (bicyclic) bond motifs is 1. The zero-order valence-corrected chi connectivity index (χ0v) is 11.4. The molecule has 2 atom stereocenters. The molecule has 0 spiro atoms. The SMILES string of the molecule is CC1Cc2ccccc2NC1Cc1cc(F)cc(F)c1. The van der Waals surface area contributed by atoms with Crippen LogP contribution >= 0.6 is 0 Å². The fourth-order valence-electron chi connectivity index (χ4n) is 2.91. The fraction of sp³-hybridized carbons (Fsp3) is 0.294. The van der Waals surface area contributed by atoms with Crippen LogP contribution in [0.15, 0.2) is 42.5 Å². The van der Waals surface area contributed by atoms with Gasteiger partial charge in [0.05, 0.1) is 0 Å². The van der Waals surface area contributed by atoms with Crippen molar-refractivity contribution in [1.82, 2.24) is 0 Å². The minimum atomic E-state index is -0.510. The van der Waals surface area contributed by atoms with Gasteiger partial charge in [0.1, 0.15) is 11.6 Å². The van der Waals surface area contributed by atoms with Gasteiger partial charge >= 0.3 is 0 Å². The summed E-state index contributed by atoms with van der Waals surface area (Å²) in [6.45, 7) is 2.17. The summed E-state index contributed by atoms with van der Waals surface area (Å²) in [4.78, 5) is 0. The molecule has 104 valence electrons. The molecule has 0 aliphatic carbocycles. The predicted molar refractivity (Wildman–Crippen MR) is 76.8 cm³/mol. The first-order valence-corrected chi connectivity index (χ1v) is 6.91. The second-order valence-electron chi connectivity index (χ2n) is 5.57. The van der Waals surface area contributed by atoms with Crippen molar-refractivity contribution in [2.45, 2.75) is 25.8 Å². The van der Waals surface area contributed by atoms with Crippen molar-refractivity contribution >= 4 is 5.69 Å². The lowest BCUT2D eigenvalue weighted by atomic mass is 9.85. The van der Waals surface area contributed by atoms with Crippen molar-refractivity contribution in [3.63, 3.8) is 0 Å². The van der Waals surface area contributed by atoms with Gasteiger partial charge in [-0.05, 0) is 48.1 Å². The molecule has 0 bridgehead atoms. The number of nitrogens with one attached hydrogen (secondary N) is 1. The van der Waals surface area contributed by atoms with Crippen LogP contribution in [0.1, 0.15) is 18.1 Å². The molecule has 0 fully saturated rings. The highest BCUT2D eigenvalue weighted by Gasteiger charge is 2.24. The van der Waals surface area contributed by atoms with E-state index in [1.807, 2.05) is 12.1 Å². The summed E-state index contributed by atoms with van der Waals surface area (Å²) >= 11 is 0. The number of para-hydroxylation sites is 1. The molecule has 0 amide bonds. The number of benzene rings is 2. The topological polar surface area (TPSA) is 12.0 Å². The molecule has 1 N–H and O–H groups in total. The smallest absolute Gasteiger partial charge is 0.126 e. The molecule has 1 aliphatic heterocycles. The summed E-state index contributed by atoms with van der Waals surface area (Å²) in [5, 5.41) is 3.49. The Labute approximate surface area is 117 Å². The van der Waals surface area contributed by atoms with Crippen molar-refractivity contribution in [3.05, 3.63) is 65.2 Å². The molecule has 2 unspecified atom stereocenters.